The molecule has 1 aliphatic rings. The normalized spacial score (nSPS) is 25.6. The number of aliphatic hydroxyl groups is 1. The van der Waals surface area contributed by atoms with E-state index in [1.807, 2.05) is 24.3 Å². The van der Waals surface area contributed by atoms with E-state index in [1.54, 1.807) is 0 Å². The maximum atomic E-state index is 10.3. The molecule has 3 unspecified atom stereocenters. The molecule has 0 amide bonds. The number of halogens is 1. The Morgan fingerprint density at radius 2 is 2.20 bits per heavy atom. The number of hydrogen-bond acceptors (Lipinski definition) is 3. The quantitative estimate of drug-likeness (QED) is 0.905. The molecule has 112 valence electrons. The Hall–Kier alpha value is -0.610. The standard InChI is InChI=1S/C16H24ClNO2/c1-3-13-11-20-12(2)10-18(13)9-8-16(19)14-6-4-5-7-15(14)17/h4-7,12-13,16,19H,3,8-11H2,1-2H3. The number of nitrogens with zero attached hydrogens (tertiary/aromatic N) is 1. The molecule has 1 aliphatic heterocycles. The zero-order valence-electron chi connectivity index (χ0n) is 12.3. The Labute approximate surface area is 126 Å². The van der Waals surface area contributed by atoms with Crippen molar-refractivity contribution in [3.8, 4) is 0 Å². The molecule has 1 saturated heterocycles. The predicted octanol–water partition coefficient (Wildman–Crippen LogP) is 3.26. The summed E-state index contributed by atoms with van der Waals surface area (Å²) in [4.78, 5) is 2.42. The Kier molecular flexibility index (Phi) is 5.85. The van der Waals surface area contributed by atoms with Crippen molar-refractivity contribution in [2.24, 2.45) is 0 Å². The SMILES string of the molecule is CCC1COC(C)CN1CCC(O)c1ccccc1Cl. The molecule has 4 heteroatoms. The lowest BCUT2D eigenvalue weighted by atomic mass is 10.0. The van der Waals surface area contributed by atoms with Gasteiger partial charge in [0, 0.05) is 24.2 Å². The monoisotopic (exact) mass is 297 g/mol. The highest BCUT2D eigenvalue weighted by Gasteiger charge is 2.26. The molecule has 3 atom stereocenters. The number of aliphatic hydroxyl groups excluding tert-OH is 1. The molecule has 1 N–H and O–H groups in total. The number of rotatable bonds is 5. The second kappa shape index (κ2) is 7.41. The van der Waals surface area contributed by atoms with Crippen molar-refractivity contribution >= 4 is 11.6 Å². The molecule has 0 spiro atoms. The first-order chi connectivity index (χ1) is 9.61. The van der Waals surface area contributed by atoms with E-state index >= 15 is 0 Å². The molecule has 0 saturated carbocycles. The average molecular weight is 298 g/mol. The van der Waals surface area contributed by atoms with Crippen LogP contribution in [0.4, 0.5) is 0 Å². The zero-order valence-corrected chi connectivity index (χ0v) is 13.0. The van der Waals surface area contributed by atoms with Gasteiger partial charge in [-0.05, 0) is 31.4 Å². The van der Waals surface area contributed by atoms with Crippen LogP contribution in [0.5, 0.6) is 0 Å². The molecule has 2 rings (SSSR count). The maximum Gasteiger partial charge on any atom is 0.0816 e. The van der Waals surface area contributed by atoms with E-state index in [2.05, 4.69) is 18.7 Å². The van der Waals surface area contributed by atoms with Gasteiger partial charge in [0.05, 0.1) is 18.8 Å². The summed E-state index contributed by atoms with van der Waals surface area (Å²) in [5.74, 6) is 0. The Morgan fingerprint density at radius 3 is 2.90 bits per heavy atom. The van der Waals surface area contributed by atoms with Crippen molar-refractivity contribution in [1.82, 2.24) is 4.90 Å². The summed E-state index contributed by atoms with van der Waals surface area (Å²) >= 11 is 6.13. The molecule has 1 heterocycles. The van der Waals surface area contributed by atoms with Gasteiger partial charge < -0.3 is 9.84 Å². The third-order valence-electron chi connectivity index (χ3n) is 4.01. The minimum atomic E-state index is -0.501. The summed E-state index contributed by atoms with van der Waals surface area (Å²) in [6.45, 7) is 6.89. The molecule has 1 aromatic carbocycles. The van der Waals surface area contributed by atoms with Crippen LogP contribution in [0, 0.1) is 0 Å². The first kappa shape index (κ1) is 15.8. The van der Waals surface area contributed by atoms with E-state index in [-0.39, 0.29) is 6.10 Å². The van der Waals surface area contributed by atoms with Crippen molar-refractivity contribution in [2.45, 2.75) is 44.9 Å². The van der Waals surface area contributed by atoms with E-state index < -0.39 is 6.10 Å². The molecule has 1 aromatic rings. The number of benzene rings is 1. The third-order valence-corrected chi connectivity index (χ3v) is 4.35. The smallest absolute Gasteiger partial charge is 0.0816 e. The third kappa shape index (κ3) is 3.95. The minimum Gasteiger partial charge on any atom is -0.388 e. The topological polar surface area (TPSA) is 32.7 Å². The minimum absolute atomic E-state index is 0.273. The van der Waals surface area contributed by atoms with Gasteiger partial charge in [-0.15, -0.1) is 0 Å². The highest BCUT2D eigenvalue weighted by atomic mass is 35.5. The Morgan fingerprint density at radius 1 is 1.45 bits per heavy atom. The fourth-order valence-electron chi connectivity index (χ4n) is 2.75. The molecular formula is C16H24ClNO2. The molecule has 0 bridgehead atoms. The average Bonchev–Trinajstić information content (AvgIpc) is 2.45. The summed E-state index contributed by atoms with van der Waals surface area (Å²) in [5.41, 5.74) is 0.823. The number of hydrogen-bond donors (Lipinski definition) is 1. The van der Waals surface area contributed by atoms with Gasteiger partial charge in [0.25, 0.3) is 0 Å². The molecule has 0 aliphatic carbocycles. The maximum absolute atomic E-state index is 10.3. The predicted molar refractivity (Wildman–Crippen MR) is 82.1 cm³/mol. The molecule has 20 heavy (non-hydrogen) atoms. The van der Waals surface area contributed by atoms with Gasteiger partial charge >= 0.3 is 0 Å². The van der Waals surface area contributed by atoms with Crippen molar-refractivity contribution in [3.05, 3.63) is 34.9 Å². The number of ether oxygens (including phenoxy) is 1. The van der Waals surface area contributed by atoms with Gasteiger partial charge in [-0.25, -0.2) is 0 Å². The van der Waals surface area contributed by atoms with Crippen LogP contribution >= 0.6 is 11.6 Å². The number of morpholine rings is 1. The van der Waals surface area contributed by atoms with Crippen LogP contribution in [-0.2, 0) is 4.74 Å². The van der Waals surface area contributed by atoms with Gasteiger partial charge in [-0.1, -0.05) is 36.7 Å². The zero-order chi connectivity index (χ0) is 14.5. The summed E-state index contributed by atoms with van der Waals surface area (Å²) in [6.07, 6.45) is 1.55. The fourth-order valence-corrected chi connectivity index (χ4v) is 3.01. The Balaban J connectivity index is 1.92. The van der Waals surface area contributed by atoms with Crippen molar-refractivity contribution in [1.29, 1.82) is 0 Å². The van der Waals surface area contributed by atoms with Gasteiger partial charge in [-0.3, -0.25) is 4.90 Å². The highest BCUT2D eigenvalue weighted by molar-refractivity contribution is 6.31. The van der Waals surface area contributed by atoms with Crippen molar-refractivity contribution in [2.75, 3.05) is 19.7 Å². The second-order valence-electron chi connectivity index (χ2n) is 5.53. The van der Waals surface area contributed by atoms with Crippen molar-refractivity contribution < 1.29 is 9.84 Å². The molecule has 0 radical (unpaired) electrons. The van der Waals surface area contributed by atoms with E-state index in [4.69, 9.17) is 16.3 Å². The van der Waals surface area contributed by atoms with E-state index in [0.29, 0.717) is 17.5 Å². The van der Waals surface area contributed by atoms with E-state index in [1.165, 1.54) is 0 Å². The van der Waals surface area contributed by atoms with Crippen LogP contribution in [0.1, 0.15) is 38.4 Å². The largest absolute Gasteiger partial charge is 0.388 e. The van der Waals surface area contributed by atoms with Crippen molar-refractivity contribution in [3.63, 3.8) is 0 Å². The lowest BCUT2D eigenvalue weighted by Gasteiger charge is -2.38. The van der Waals surface area contributed by atoms with Crippen LogP contribution in [0.15, 0.2) is 24.3 Å². The summed E-state index contributed by atoms with van der Waals surface area (Å²) < 4.78 is 5.70. The lowest BCUT2D eigenvalue weighted by molar-refractivity contribution is -0.0591. The van der Waals surface area contributed by atoms with Gasteiger partial charge in [0.2, 0.25) is 0 Å². The molecule has 3 nitrogen and oxygen atoms in total. The van der Waals surface area contributed by atoms with Crippen LogP contribution in [0.3, 0.4) is 0 Å². The first-order valence-electron chi connectivity index (χ1n) is 7.40. The fraction of sp³-hybridized carbons (Fsp3) is 0.625. The van der Waals surface area contributed by atoms with Crippen LogP contribution in [-0.4, -0.2) is 41.8 Å². The molecule has 1 fully saturated rings. The highest BCUT2D eigenvalue weighted by Crippen LogP contribution is 2.26. The van der Waals surface area contributed by atoms with E-state index in [9.17, 15) is 5.11 Å². The van der Waals surface area contributed by atoms with Crippen LogP contribution in [0.2, 0.25) is 5.02 Å². The van der Waals surface area contributed by atoms with Gasteiger partial charge in [0.1, 0.15) is 0 Å². The summed E-state index contributed by atoms with van der Waals surface area (Å²) in [5, 5.41) is 11.0. The lowest BCUT2D eigenvalue weighted by Crippen LogP contribution is -2.48. The summed E-state index contributed by atoms with van der Waals surface area (Å²) in [6, 6.07) is 7.98. The second-order valence-corrected chi connectivity index (χ2v) is 5.93. The van der Waals surface area contributed by atoms with Gasteiger partial charge in [0.15, 0.2) is 0 Å². The summed E-state index contributed by atoms with van der Waals surface area (Å²) in [7, 11) is 0. The molecule has 0 aromatic heterocycles. The van der Waals surface area contributed by atoms with E-state index in [0.717, 1.165) is 31.7 Å². The van der Waals surface area contributed by atoms with Gasteiger partial charge in [-0.2, -0.15) is 0 Å². The van der Waals surface area contributed by atoms with Crippen LogP contribution < -0.4 is 0 Å². The Bertz CT molecular complexity index is 427. The molecular weight excluding hydrogens is 274 g/mol. The van der Waals surface area contributed by atoms with Crippen LogP contribution in [0.25, 0.3) is 0 Å². The first-order valence-corrected chi connectivity index (χ1v) is 7.77.